The number of hydrogen-bond acceptors (Lipinski definition) is 5. The lowest BCUT2D eigenvalue weighted by Gasteiger charge is -2.21. The van der Waals surface area contributed by atoms with Crippen molar-refractivity contribution in [1.82, 2.24) is 9.55 Å². The van der Waals surface area contributed by atoms with Gasteiger partial charge >= 0.3 is 5.97 Å². The van der Waals surface area contributed by atoms with Crippen molar-refractivity contribution < 1.29 is 9.90 Å². The van der Waals surface area contributed by atoms with Crippen LogP contribution in [-0.4, -0.2) is 20.6 Å². The van der Waals surface area contributed by atoms with Gasteiger partial charge in [-0.3, -0.25) is 4.79 Å². The molecule has 8 heteroatoms. The normalized spacial score (nSPS) is 12.9. The summed E-state index contributed by atoms with van der Waals surface area (Å²) in [5.74, 6) is -0.967. The maximum Gasteiger partial charge on any atom is 0.341 e. The van der Waals surface area contributed by atoms with Crippen LogP contribution in [0.2, 0.25) is 5.02 Å². The zero-order valence-electron chi connectivity index (χ0n) is 16.2. The van der Waals surface area contributed by atoms with Gasteiger partial charge in [0.05, 0.1) is 28.1 Å². The Morgan fingerprint density at radius 2 is 1.81 bits per heavy atom. The molecule has 0 spiro atoms. The quantitative estimate of drug-likeness (QED) is 0.510. The van der Waals surface area contributed by atoms with Gasteiger partial charge in [0.1, 0.15) is 11.4 Å². The summed E-state index contributed by atoms with van der Waals surface area (Å²) in [4.78, 5) is 30.8. The Labute approximate surface area is 181 Å². The molecule has 31 heavy (non-hydrogen) atoms. The second kappa shape index (κ2) is 7.14. The second-order valence-electron chi connectivity index (χ2n) is 7.43. The summed E-state index contributed by atoms with van der Waals surface area (Å²) in [6.45, 7) is 1.39. The number of pyridine rings is 2. The molecule has 1 aliphatic rings. The number of rotatable bonds is 3. The number of aromatic carboxylic acids is 1. The molecule has 3 heterocycles. The van der Waals surface area contributed by atoms with Crippen LogP contribution in [0.4, 0.5) is 11.5 Å². The molecule has 2 aromatic carbocycles. The number of aromatic nitrogens is 2. The van der Waals surface area contributed by atoms with E-state index < -0.39 is 11.4 Å². The average Bonchev–Trinajstić information content (AvgIpc) is 3.18. The van der Waals surface area contributed by atoms with Gasteiger partial charge in [-0.2, -0.15) is 0 Å². The van der Waals surface area contributed by atoms with E-state index >= 15 is 0 Å². The molecule has 0 aliphatic carbocycles. The van der Waals surface area contributed by atoms with Gasteiger partial charge in [-0.05, 0) is 35.4 Å². The highest BCUT2D eigenvalue weighted by atomic mass is 35.5. The van der Waals surface area contributed by atoms with Crippen molar-refractivity contribution in [2.45, 2.75) is 13.1 Å². The van der Waals surface area contributed by atoms with E-state index in [2.05, 4.69) is 22.0 Å². The Bertz CT molecular complexity index is 1390. The van der Waals surface area contributed by atoms with Crippen molar-refractivity contribution in [1.29, 1.82) is 0 Å². The first-order valence-corrected chi connectivity index (χ1v) is 9.96. The molecule has 154 valence electrons. The third-order valence-corrected chi connectivity index (χ3v) is 5.84. The van der Waals surface area contributed by atoms with Crippen LogP contribution in [0, 0.1) is 0 Å². The predicted molar refractivity (Wildman–Crippen MR) is 120 cm³/mol. The number of nitrogen functional groups attached to an aromatic ring is 1. The summed E-state index contributed by atoms with van der Waals surface area (Å²) in [7, 11) is 0. The van der Waals surface area contributed by atoms with E-state index in [9.17, 15) is 14.7 Å². The minimum atomic E-state index is -1.31. The van der Waals surface area contributed by atoms with Crippen LogP contribution in [0.1, 0.15) is 21.5 Å². The molecule has 1 aliphatic heterocycles. The van der Waals surface area contributed by atoms with Crippen LogP contribution in [0.25, 0.3) is 16.6 Å². The molecule has 0 saturated heterocycles. The fourth-order valence-electron chi connectivity index (χ4n) is 3.99. The van der Waals surface area contributed by atoms with Crippen molar-refractivity contribution in [3.8, 4) is 5.69 Å². The monoisotopic (exact) mass is 432 g/mol. The number of anilines is 2. The lowest BCUT2D eigenvalue weighted by atomic mass is 10.1. The zero-order valence-corrected chi connectivity index (χ0v) is 17.0. The van der Waals surface area contributed by atoms with Crippen molar-refractivity contribution in [3.05, 3.63) is 92.9 Å². The Morgan fingerprint density at radius 3 is 2.42 bits per heavy atom. The lowest BCUT2D eigenvalue weighted by Crippen LogP contribution is -2.20. The first-order valence-electron chi connectivity index (χ1n) is 9.58. The van der Waals surface area contributed by atoms with E-state index in [1.807, 2.05) is 18.2 Å². The molecular formula is C23H17ClN4O3. The van der Waals surface area contributed by atoms with E-state index in [1.54, 1.807) is 22.8 Å². The predicted octanol–water partition coefficient (Wildman–Crippen LogP) is 3.84. The van der Waals surface area contributed by atoms with Gasteiger partial charge in [-0.1, -0.05) is 35.9 Å². The highest BCUT2D eigenvalue weighted by molar-refractivity contribution is 6.34. The molecule has 4 aromatic rings. The van der Waals surface area contributed by atoms with Crippen LogP contribution < -0.4 is 16.1 Å². The number of benzene rings is 2. The third kappa shape index (κ3) is 3.19. The molecule has 0 bridgehead atoms. The zero-order chi connectivity index (χ0) is 21.7. The third-order valence-electron chi connectivity index (χ3n) is 5.53. The van der Waals surface area contributed by atoms with E-state index in [4.69, 9.17) is 17.3 Å². The number of halogens is 1. The SMILES string of the molecule is Nc1ccc(-n2cc(C(=O)O)c(=O)c3cc(Cl)c(N4Cc5ccccc5C4)cc32)cn1. The largest absolute Gasteiger partial charge is 0.477 e. The molecule has 2 aromatic heterocycles. The van der Waals surface area contributed by atoms with E-state index in [0.29, 0.717) is 35.1 Å². The van der Waals surface area contributed by atoms with Gasteiger partial charge in [-0.15, -0.1) is 0 Å². The number of nitrogens with two attached hydrogens (primary N) is 1. The van der Waals surface area contributed by atoms with Crippen LogP contribution in [0.3, 0.4) is 0 Å². The molecule has 0 unspecified atom stereocenters. The van der Waals surface area contributed by atoms with Crippen LogP contribution >= 0.6 is 11.6 Å². The highest BCUT2D eigenvalue weighted by Gasteiger charge is 2.23. The Morgan fingerprint density at radius 1 is 1.10 bits per heavy atom. The van der Waals surface area contributed by atoms with Crippen molar-refractivity contribution in [3.63, 3.8) is 0 Å². The van der Waals surface area contributed by atoms with Gasteiger partial charge in [0.2, 0.25) is 5.43 Å². The maximum atomic E-state index is 12.9. The van der Waals surface area contributed by atoms with Gasteiger partial charge in [0, 0.05) is 24.7 Å². The molecule has 3 N–H and O–H groups in total. The summed E-state index contributed by atoms with van der Waals surface area (Å²) in [5.41, 5.74) is 9.11. The Hall–Kier alpha value is -3.84. The van der Waals surface area contributed by atoms with Crippen LogP contribution in [-0.2, 0) is 13.1 Å². The van der Waals surface area contributed by atoms with Gasteiger partial charge in [-0.25, -0.2) is 9.78 Å². The first-order chi connectivity index (χ1) is 14.9. The minimum absolute atomic E-state index is 0.224. The molecule has 0 amide bonds. The summed E-state index contributed by atoms with van der Waals surface area (Å²) < 4.78 is 1.63. The van der Waals surface area contributed by atoms with Crippen molar-refractivity contribution in [2.75, 3.05) is 10.6 Å². The number of carboxylic acid groups (broad SMARTS) is 1. The Balaban J connectivity index is 1.74. The number of hydrogen-bond donors (Lipinski definition) is 2. The second-order valence-corrected chi connectivity index (χ2v) is 7.84. The maximum absolute atomic E-state index is 12.9. The average molecular weight is 433 g/mol. The molecule has 0 saturated carbocycles. The summed E-state index contributed by atoms with van der Waals surface area (Å²) in [6, 6.07) is 14.9. The number of fused-ring (bicyclic) bond motifs is 2. The fourth-order valence-corrected chi connectivity index (χ4v) is 4.27. The van der Waals surface area contributed by atoms with Gasteiger partial charge in [0.15, 0.2) is 0 Å². The van der Waals surface area contributed by atoms with E-state index in [1.165, 1.54) is 23.5 Å². The summed E-state index contributed by atoms with van der Waals surface area (Å²) in [5, 5.41) is 10.2. The topological polar surface area (TPSA) is 101 Å². The fraction of sp³-hybridized carbons (Fsp3) is 0.0870. The van der Waals surface area contributed by atoms with Gasteiger partial charge in [0.25, 0.3) is 0 Å². The van der Waals surface area contributed by atoms with Crippen molar-refractivity contribution >= 4 is 40.0 Å². The highest BCUT2D eigenvalue weighted by Crippen LogP contribution is 2.36. The van der Waals surface area contributed by atoms with Crippen LogP contribution in [0.15, 0.2) is 65.7 Å². The molecule has 5 rings (SSSR count). The van der Waals surface area contributed by atoms with E-state index in [-0.39, 0.29) is 10.9 Å². The lowest BCUT2D eigenvalue weighted by molar-refractivity contribution is 0.0695. The first kappa shape index (κ1) is 19.1. The minimum Gasteiger partial charge on any atom is -0.477 e. The molecule has 7 nitrogen and oxygen atoms in total. The standard InChI is InChI=1S/C23H17ClN4O3/c24-18-7-16-19(8-20(18)27-10-13-3-1-2-4-14(13)11-27)28(12-17(22(16)29)23(30)31)15-5-6-21(25)26-9-15/h1-9,12H,10-11H2,(H2,25,26)(H,30,31). The number of carbonyl (C=O) groups is 1. The number of nitrogens with zero attached hydrogens (tertiary/aromatic N) is 3. The van der Waals surface area contributed by atoms with Crippen LogP contribution in [0.5, 0.6) is 0 Å². The Kier molecular flexibility index (Phi) is 4.41. The molecule has 0 atom stereocenters. The molecular weight excluding hydrogens is 416 g/mol. The number of carboxylic acids is 1. The van der Waals surface area contributed by atoms with E-state index in [0.717, 1.165) is 5.69 Å². The molecule has 0 radical (unpaired) electrons. The van der Waals surface area contributed by atoms with Crippen molar-refractivity contribution in [2.24, 2.45) is 0 Å². The molecule has 0 fully saturated rings. The van der Waals surface area contributed by atoms with Gasteiger partial charge < -0.3 is 20.3 Å². The smallest absolute Gasteiger partial charge is 0.341 e. The summed E-state index contributed by atoms with van der Waals surface area (Å²) >= 11 is 6.58. The summed E-state index contributed by atoms with van der Waals surface area (Å²) in [6.07, 6.45) is 2.85.